The summed E-state index contributed by atoms with van der Waals surface area (Å²) in [5, 5.41) is 12.3. The Bertz CT molecular complexity index is 462. The van der Waals surface area contributed by atoms with E-state index in [9.17, 15) is 14.3 Å². The van der Waals surface area contributed by atoms with Gasteiger partial charge in [-0.25, -0.2) is 9.18 Å². The molecule has 6 heteroatoms. The molecule has 1 aromatic rings. The van der Waals surface area contributed by atoms with E-state index < -0.39 is 17.9 Å². The number of hydrogen-bond donors (Lipinski definition) is 2. The van der Waals surface area contributed by atoms with Crippen LogP contribution in [0.4, 0.5) is 9.18 Å². The van der Waals surface area contributed by atoms with Crippen molar-refractivity contribution in [3.05, 3.63) is 35.6 Å². The summed E-state index contributed by atoms with van der Waals surface area (Å²) in [7, 11) is 1.25. The molecule has 0 spiro atoms. The first-order valence-electron chi connectivity index (χ1n) is 5.97. The van der Waals surface area contributed by atoms with Crippen molar-refractivity contribution in [2.75, 3.05) is 13.7 Å². The molecule has 1 heterocycles. The smallest absolute Gasteiger partial charge is 0.407 e. The summed E-state index contributed by atoms with van der Waals surface area (Å²) < 4.78 is 23.0. The number of benzene rings is 1. The summed E-state index contributed by atoms with van der Waals surface area (Å²) in [5.74, 6) is -1.56. The van der Waals surface area contributed by atoms with E-state index in [4.69, 9.17) is 4.74 Å². The van der Waals surface area contributed by atoms with Crippen molar-refractivity contribution in [1.82, 2.24) is 5.32 Å². The summed E-state index contributed by atoms with van der Waals surface area (Å²) in [6.07, 6.45) is -0.172. The van der Waals surface area contributed by atoms with Gasteiger partial charge < -0.3 is 19.9 Å². The number of carbonyl (C=O) groups is 1. The first-order chi connectivity index (χ1) is 9.02. The van der Waals surface area contributed by atoms with Crippen molar-refractivity contribution < 1.29 is 23.8 Å². The van der Waals surface area contributed by atoms with E-state index in [-0.39, 0.29) is 25.3 Å². The van der Waals surface area contributed by atoms with Gasteiger partial charge in [0.25, 0.3) is 0 Å². The van der Waals surface area contributed by atoms with Crippen LogP contribution in [0, 0.1) is 5.82 Å². The number of alkyl carbamates (subject to hydrolysis) is 1. The molecule has 0 saturated carbocycles. The van der Waals surface area contributed by atoms with Gasteiger partial charge in [0, 0.05) is 12.5 Å². The minimum absolute atomic E-state index is 0.191. The molecule has 5 nitrogen and oxygen atoms in total. The number of amides is 1. The molecule has 1 amide bonds. The molecule has 1 saturated heterocycles. The summed E-state index contributed by atoms with van der Waals surface area (Å²) in [5.41, 5.74) is 0.466. The highest BCUT2D eigenvalue weighted by atomic mass is 19.1. The Balaban J connectivity index is 2.04. The van der Waals surface area contributed by atoms with Crippen LogP contribution < -0.4 is 5.32 Å². The minimum Gasteiger partial charge on any atom is -0.453 e. The highest BCUT2D eigenvalue weighted by Gasteiger charge is 2.44. The minimum atomic E-state index is -1.21. The molecule has 2 atom stereocenters. The zero-order valence-corrected chi connectivity index (χ0v) is 10.6. The van der Waals surface area contributed by atoms with Gasteiger partial charge in [0.1, 0.15) is 12.4 Å². The number of methoxy groups -OCH3 is 1. The van der Waals surface area contributed by atoms with Gasteiger partial charge in [0.15, 0.2) is 5.79 Å². The molecule has 1 aromatic carbocycles. The Morgan fingerprint density at radius 3 is 2.89 bits per heavy atom. The molecule has 104 valence electrons. The van der Waals surface area contributed by atoms with Crippen LogP contribution in [0.2, 0.25) is 0 Å². The van der Waals surface area contributed by atoms with Gasteiger partial charge in [-0.1, -0.05) is 18.2 Å². The molecule has 2 N–H and O–H groups in total. The van der Waals surface area contributed by atoms with Gasteiger partial charge in [-0.15, -0.1) is 0 Å². The summed E-state index contributed by atoms with van der Waals surface area (Å²) in [6, 6.07) is 5.85. The average molecular weight is 269 g/mol. The highest BCUT2D eigenvalue weighted by molar-refractivity contribution is 5.67. The van der Waals surface area contributed by atoms with E-state index >= 15 is 0 Å². The van der Waals surface area contributed by atoms with Crippen molar-refractivity contribution in [2.24, 2.45) is 0 Å². The maximum Gasteiger partial charge on any atom is 0.407 e. The summed E-state index contributed by atoms with van der Waals surface area (Å²) >= 11 is 0. The normalized spacial score (nSPS) is 22.7. The Labute approximate surface area is 110 Å². The Morgan fingerprint density at radius 2 is 2.32 bits per heavy atom. The molecular weight excluding hydrogens is 253 g/mol. The summed E-state index contributed by atoms with van der Waals surface area (Å²) in [4.78, 5) is 11.3. The molecule has 1 aliphatic rings. The quantitative estimate of drug-likeness (QED) is 0.788. The third kappa shape index (κ3) is 3.90. The molecule has 0 aliphatic carbocycles. The van der Waals surface area contributed by atoms with E-state index in [1.165, 1.54) is 13.2 Å². The molecule has 1 fully saturated rings. The third-order valence-corrected chi connectivity index (χ3v) is 2.97. The first-order valence-corrected chi connectivity index (χ1v) is 5.97. The van der Waals surface area contributed by atoms with E-state index in [0.717, 1.165) is 0 Å². The largest absolute Gasteiger partial charge is 0.453 e. The molecule has 19 heavy (non-hydrogen) atoms. The van der Waals surface area contributed by atoms with Crippen LogP contribution in [0.25, 0.3) is 0 Å². The van der Waals surface area contributed by atoms with Crippen molar-refractivity contribution >= 4 is 6.09 Å². The fourth-order valence-corrected chi connectivity index (χ4v) is 1.92. The number of carbonyl (C=O) groups excluding carboxylic acids is 1. The standard InChI is InChI=1S/C13H16FNO4/c1-18-12(16)15-10(7-13(17)8-19-13)6-9-4-2-3-5-11(9)14/h2-5,10,17H,6-8H2,1H3,(H,15,16). The van der Waals surface area contributed by atoms with Crippen LogP contribution in [0.5, 0.6) is 0 Å². The summed E-state index contributed by atoms with van der Waals surface area (Å²) in [6.45, 7) is 0.226. The van der Waals surface area contributed by atoms with Crippen molar-refractivity contribution in [3.8, 4) is 0 Å². The molecule has 0 radical (unpaired) electrons. The van der Waals surface area contributed by atoms with Gasteiger partial charge in [-0.05, 0) is 18.1 Å². The van der Waals surface area contributed by atoms with Crippen molar-refractivity contribution in [3.63, 3.8) is 0 Å². The molecular formula is C13H16FNO4. The van der Waals surface area contributed by atoms with Gasteiger partial charge in [0.05, 0.1) is 7.11 Å². The Morgan fingerprint density at radius 1 is 1.63 bits per heavy atom. The lowest BCUT2D eigenvalue weighted by Gasteiger charge is -2.19. The Kier molecular flexibility index (Phi) is 4.01. The van der Waals surface area contributed by atoms with Crippen LogP contribution in [0.15, 0.2) is 24.3 Å². The molecule has 2 rings (SSSR count). The SMILES string of the molecule is COC(=O)NC(Cc1ccccc1F)CC1(O)CO1. The van der Waals surface area contributed by atoms with Gasteiger partial charge in [-0.3, -0.25) is 0 Å². The van der Waals surface area contributed by atoms with Crippen LogP contribution in [-0.2, 0) is 15.9 Å². The van der Waals surface area contributed by atoms with E-state index in [1.54, 1.807) is 18.2 Å². The number of epoxide rings is 1. The number of aliphatic hydroxyl groups is 1. The monoisotopic (exact) mass is 269 g/mol. The van der Waals surface area contributed by atoms with Gasteiger partial charge in [-0.2, -0.15) is 0 Å². The topological polar surface area (TPSA) is 71.1 Å². The predicted octanol–water partition coefficient (Wildman–Crippen LogP) is 1.20. The van der Waals surface area contributed by atoms with E-state index in [1.807, 2.05) is 0 Å². The zero-order chi connectivity index (χ0) is 13.9. The second-order valence-electron chi connectivity index (χ2n) is 4.57. The predicted molar refractivity (Wildman–Crippen MR) is 65.0 cm³/mol. The lowest BCUT2D eigenvalue weighted by molar-refractivity contribution is 0.0197. The lowest BCUT2D eigenvalue weighted by Crippen LogP contribution is -2.39. The van der Waals surface area contributed by atoms with E-state index in [0.29, 0.717) is 5.56 Å². The molecule has 2 unspecified atom stereocenters. The number of ether oxygens (including phenoxy) is 2. The lowest BCUT2D eigenvalue weighted by atomic mass is 10.0. The number of hydrogen-bond acceptors (Lipinski definition) is 4. The van der Waals surface area contributed by atoms with Crippen molar-refractivity contribution in [2.45, 2.75) is 24.7 Å². The fourth-order valence-electron chi connectivity index (χ4n) is 1.92. The highest BCUT2D eigenvalue weighted by Crippen LogP contribution is 2.29. The third-order valence-electron chi connectivity index (χ3n) is 2.97. The number of nitrogens with one attached hydrogen (secondary N) is 1. The number of rotatable bonds is 5. The molecule has 0 bridgehead atoms. The van der Waals surface area contributed by atoms with Crippen LogP contribution in [0.3, 0.4) is 0 Å². The van der Waals surface area contributed by atoms with Crippen LogP contribution in [0.1, 0.15) is 12.0 Å². The first kappa shape index (κ1) is 13.8. The van der Waals surface area contributed by atoms with Crippen LogP contribution in [-0.4, -0.2) is 36.7 Å². The molecule has 1 aliphatic heterocycles. The second kappa shape index (κ2) is 5.54. The van der Waals surface area contributed by atoms with Crippen LogP contribution >= 0.6 is 0 Å². The van der Waals surface area contributed by atoms with E-state index in [2.05, 4.69) is 10.1 Å². The maximum absolute atomic E-state index is 13.6. The van der Waals surface area contributed by atoms with Crippen molar-refractivity contribution in [1.29, 1.82) is 0 Å². The zero-order valence-electron chi connectivity index (χ0n) is 10.6. The Hall–Kier alpha value is -1.66. The maximum atomic E-state index is 13.6. The fraction of sp³-hybridized carbons (Fsp3) is 0.462. The molecule has 0 aromatic heterocycles. The average Bonchev–Trinajstić information content (AvgIpc) is 3.09. The van der Waals surface area contributed by atoms with Gasteiger partial charge in [0.2, 0.25) is 0 Å². The second-order valence-corrected chi connectivity index (χ2v) is 4.57. The number of halogens is 1. The van der Waals surface area contributed by atoms with Gasteiger partial charge >= 0.3 is 6.09 Å².